The minimum atomic E-state index is -0.777. The van der Waals surface area contributed by atoms with E-state index >= 15 is 0 Å². The van der Waals surface area contributed by atoms with E-state index in [0.717, 1.165) is 11.1 Å². The number of amides is 1. The maximum Gasteiger partial charge on any atom is 0.329 e. The molecule has 4 nitrogen and oxygen atoms in total. The molecular formula is C21H25NO3. The molecule has 0 spiro atoms. The molecule has 2 rings (SSSR count). The molecule has 2 aromatic rings. The maximum atomic E-state index is 12.5. The Morgan fingerprint density at radius 3 is 1.80 bits per heavy atom. The van der Waals surface area contributed by atoms with Crippen LogP contribution in [0.2, 0.25) is 0 Å². The zero-order valence-electron chi connectivity index (χ0n) is 14.9. The van der Waals surface area contributed by atoms with Crippen LogP contribution >= 0.6 is 0 Å². The van der Waals surface area contributed by atoms with Crippen molar-refractivity contribution < 1.29 is 14.3 Å². The number of carbonyl (C=O) groups excluding carboxylic acids is 2. The molecule has 1 amide bonds. The van der Waals surface area contributed by atoms with Gasteiger partial charge in [-0.3, -0.25) is 4.79 Å². The van der Waals surface area contributed by atoms with Gasteiger partial charge in [-0.1, -0.05) is 74.5 Å². The number of ether oxygens (including phenoxy) is 1. The summed E-state index contributed by atoms with van der Waals surface area (Å²) in [6.07, 6.45) is 0.365. The monoisotopic (exact) mass is 339 g/mol. The molecule has 132 valence electrons. The lowest BCUT2D eigenvalue weighted by molar-refractivity contribution is -0.145. The van der Waals surface area contributed by atoms with Gasteiger partial charge in [-0.05, 0) is 17.0 Å². The molecule has 0 aliphatic carbocycles. The molecule has 1 N–H and O–H groups in total. The Labute approximate surface area is 149 Å². The van der Waals surface area contributed by atoms with E-state index in [1.54, 1.807) is 0 Å². The van der Waals surface area contributed by atoms with Crippen molar-refractivity contribution in [3.63, 3.8) is 0 Å². The first-order valence-electron chi connectivity index (χ1n) is 8.50. The van der Waals surface area contributed by atoms with Gasteiger partial charge in [-0.25, -0.2) is 4.79 Å². The topological polar surface area (TPSA) is 55.4 Å². The molecule has 25 heavy (non-hydrogen) atoms. The van der Waals surface area contributed by atoms with Crippen LogP contribution in [0, 0.1) is 5.92 Å². The minimum absolute atomic E-state index is 0.151. The highest BCUT2D eigenvalue weighted by Crippen LogP contribution is 2.29. The van der Waals surface area contributed by atoms with Gasteiger partial charge in [0, 0.05) is 12.3 Å². The van der Waals surface area contributed by atoms with Gasteiger partial charge in [0.2, 0.25) is 5.91 Å². The molecule has 0 radical (unpaired) electrons. The Bertz CT molecular complexity index is 643. The van der Waals surface area contributed by atoms with Crippen LogP contribution < -0.4 is 5.32 Å². The third kappa shape index (κ3) is 5.18. The van der Waals surface area contributed by atoms with Crippen LogP contribution in [0.25, 0.3) is 0 Å². The standard InChI is InChI=1S/C21H25NO3/c1-15(2)14-18(23)22-20(21(24)25-3)19(16-10-6-4-7-11-16)17-12-8-5-9-13-17/h4-13,15,19-20H,14H2,1-3H3,(H,22,23)/t20-/m0/s1. The second-order valence-electron chi connectivity index (χ2n) is 6.47. The van der Waals surface area contributed by atoms with Crippen LogP contribution in [0.5, 0.6) is 0 Å². The highest BCUT2D eigenvalue weighted by molar-refractivity contribution is 5.86. The number of hydrogen-bond acceptors (Lipinski definition) is 3. The van der Waals surface area contributed by atoms with Crippen molar-refractivity contribution in [2.75, 3.05) is 7.11 Å². The number of methoxy groups -OCH3 is 1. The van der Waals surface area contributed by atoms with Crippen molar-refractivity contribution in [2.24, 2.45) is 5.92 Å². The van der Waals surface area contributed by atoms with Crippen LogP contribution in [-0.2, 0) is 14.3 Å². The van der Waals surface area contributed by atoms with Crippen LogP contribution in [0.1, 0.15) is 37.3 Å². The van der Waals surface area contributed by atoms with Gasteiger partial charge in [0.15, 0.2) is 0 Å². The lowest BCUT2D eigenvalue weighted by Crippen LogP contribution is -2.46. The largest absolute Gasteiger partial charge is 0.467 e. The third-order valence-electron chi connectivity index (χ3n) is 4.02. The molecule has 0 bridgehead atoms. The van der Waals surface area contributed by atoms with E-state index in [2.05, 4.69) is 5.32 Å². The summed E-state index contributed by atoms with van der Waals surface area (Å²) < 4.78 is 4.99. The molecule has 4 heteroatoms. The Morgan fingerprint density at radius 1 is 0.920 bits per heavy atom. The molecule has 0 unspecified atom stereocenters. The molecule has 0 heterocycles. The highest BCUT2D eigenvalue weighted by Gasteiger charge is 2.33. The molecule has 0 saturated heterocycles. The summed E-state index contributed by atoms with van der Waals surface area (Å²) in [5, 5.41) is 2.88. The Morgan fingerprint density at radius 2 is 1.40 bits per heavy atom. The fourth-order valence-electron chi connectivity index (χ4n) is 2.91. The fourth-order valence-corrected chi connectivity index (χ4v) is 2.91. The van der Waals surface area contributed by atoms with E-state index in [1.807, 2.05) is 74.5 Å². The van der Waals surface area contributed by atoms with E-state index in [9.17, 15) is 9.59 Å². The van der Waals surface area contributed by atoms with Crippen molar-refractivity contribution in [2.45, 2.75) is 32.2 Å². The van der Waals surface area contributed by atoms with Crippen LogP contribution in [0.4, 0.5) is 0 Å². The molecule has 2 aromatic carbocycles. The summed E-state index contributed by atoms with van der Waals surface area (Å²) in [7, 11) is 1.34. The quantitative estimate of drug-likeness (QED) is 0.785. The molecule has 0 aliphatic rings. The Kier molecular flexibility index (Phi) is 6.75. The van der Waals surface area contributed by atoms with E-state index in [-0.39, 0.29) is 17.7 Å². The molecule has 0 aromatic heterocycles. The summed E-state index contributed by atoms with van der Waals surface area (Å²) in [6, 6.07) is 18.6. The van der Waals surface area contributed by atoms with Gasteiger partial charge in [0.05, 0.1) is 7.11 Å². The van der Waals surface area contributed by atoms with E-state index < -0.39 is 12.0 Å². The van der Waals surface area contributed by atoms with Gasteiger partial charge in [0.25, 0.3) is 0 Å². The summed E-state index contributed by atoms with van der Waals surface area (Å²) in [5.41, 5.74) is 1.91. The predicted molar refractivity (Wildman–Crippen MR) is 98.1 cm³/mol. The third-order valence-corrected chi connectivity index (χ3v) is 4.02. The minimum Gasteiger partial charge on any atom is -0.467 e. The average molecular weight is 339 g/mol. The second-order valence-corrected chi connectivity index (χ2v) is 6.47. The first kappa shape index (κ1) is 18.7. The number of carbonyl (C=O) groups is 2. The lowest BCUT2D eigenvalue weighted by Gasteiger charge is -2.27. The molecular weight excluding hydrogens is 314 g/mol. The fraction of sp³-hybridized carbons (Fsp3) is 0.333. The maximum absolute atomic E-state index is 12.5. The molecule has 0 saturated carbocycles. The summed E-state index contributed by atoms with van der Waals surface area (Å²) >= 11 is 0. The molecule has 0 aliphatic heterocycles. The number of benzene rings is 2. The summed E-state index contributed by atoms with van der Waals surface area (Å²) in [6.45, 7) is 3.94. The van der Waals surface area contributed by atoms with E-state index in [4.69, 9.17) is 4.74 Å². The molecule has 0 fully saturated rings. The van der Waals surface area contributed by atoms with E-state index in [1.165, 1.54) is 7.11 Å². The average Bonchev–Trinajstić information content (AvgIpc) is 2.61. The summed E-state index contributed by atoms with van der Waals surface area (Å²) in [5.74, 6) is -0.701. The van der Waals surface area contributed by atoms with Gasteiger partial charge in [0.1, 0.15) is 6.04 Å². The van der Waals surface area contributed by atoms with Gasteiger partial charge < -0.3 is 10.1 Å². The normalized spacial score (nSPS) is 12.0. The first-order valence-corrected chi connectivity index (χ1v) is 8.50. The van der Waals surface area contributed by atoms with Gasteiger partial charge in [-0.2, -0.15) is 0 Å². The molecule has 1 atom stereocenters. The lowest BCUT2D eigenvalue weighted by atomic mass is 9.84. The van der Waals surface area contributed by atoms with Crippen molar-refractivity contribution >= 4 is 11.9 Å². The number of esters is 1. The zero-order valence-corrected chi connectivity index (χ0v) is 14.9. The Hall–Kier alpha value is -2.62. The zero-order chi connectivity index (χ0) is 18.2. The summed E-state index contributed by atoms with van der Waals surface area (Å²) in [4.78, 5) is 24.8. The van der Waals surface area contributed by atoms with Crippen LogP contribution in [0.15, 0.2) is 60.7 Å². The highest BCUT2D eigenvalue weighted by atomic mass is 16.5. The van der Waals surface area contributed by atoms with Crippen molar-refractivity contribution in [1.29, 1.82) is 0 Å². The number of hydrogen-bond donors (Lipinski definition) is 1. The first-order chi connectivity index (χ1) is 12.0. The van der Waals surface area contributed by atoms with E-state index in [0.29, 0.717) is 6.42 Å². The van der Waals surface area contributed by atoms with Gasteiger partial charge >= 0.3 is 5.97 Å². The smallest absolute Gasteiger partial charge is 0.329 e. The predicted octanol–water partition coefficient (Wildman–Crippen LogP) is 3.52. The number of nitrogens with one attached hydrogen (secondary N) is 1. The van der Waals surface area contributed by atoms with Crippen molar-refractivity contribution in [3.8, 4) is 0 Å². The second kappa shape index (κ2) is 9.02. The number of rotatable bonds is 7. The Balaban J connectivity index is 2.42. The SMILES string of the molecule is COC(=O)[C@@H](NC(=O)CC(C)C)C(c1ccccc1)c1ccccc1. The van der Waals surface area contributed by atoms with Crippen LogP contribution in [-0.4, -0.2) is 25.0 Å². The van der Waals surface area contributed by atoms with Crippen molar-refractivity contribution in [3.05, 3.63) is 71.8 Å². The van der Waals surface area contributed by atoms with Gasteiger partial charge in [-0.15, -0.1) is 0 Å². The van der Waals surface area contributed by atoms with Crippen molar-refractivity contribution in [1.82, 2.24) is 5.32 Å². The van der Waals surface area contributed by atoms with Crippen LogP contribution in [0.3, 0.4) is 0 Å².